The zero-order valence-corrected chi connectivity index (χ0v) is 24.7. The van der Waals surface area contributed by atoms with E-state index in [0.29, 0.717) is 49.5 Å². The molecule has 3 N–H and O–H groups in total. The Bertz CT molecular complexity index is 1300. The molecule has 8 nitrogen and oxygen atoms in total. The van der Waals surface area contributed by atoms with Crippen LogP contribution in [0.1, 0.15) is 60.5 Å². The SMILES string of the molecule is CCCCCOc1cc(C(=O)N[C@@H](Cc2ccccc2)[C@H](O)CNCc2cccc(OC)c2)cc(N2CCCC2=O)c1. The molecule has 2 amide bonds. The molecule has 4 rings (SSSR count). The number of carbonyl (C=O) groups is 2. The van der Waals surface area contributed by atoms with Gasteiger partial charge in [0.05, 0.1) is 25.9 Å². The quantitative estimate of drug-likeness (QED) is 0.211. The maximum absolute atomic E-state index is 13.7. The molecule has 224 valence electrons. The average molecular weight is 574 g/mol. The van der Waals surface area contributed by atoms with Gasteiger partial charge in [0.1, 0.15) is 11.5 Å². The van der Waals surface area contributed by atoms with Crippen LogP contribution >= 0.6 is 0 Å². The molecule has 1 aliphatic heterocycles. The third-order valence-corrected chi connectivity index (χ3v) is 7.45. The third-order valence-electron chi connectivity index (χ3n) is 7.45. The minimum absolute atomic E-state index is 0.0453. The van der Waals surface area contributed by atoms with Crippen LogP contribution in [-0.4, -0.2) is 55.9 Å². The van der Waals surface area contributed by atoms with Gasteiger partial charge in [-0.3, -0.25) is 9.59 Å². The minimum atomic E-state index is -0.854. The van der Waals surface area contributed by atoms with E-state index in [1.165, 1.54) is 0 Å². The molecule has 0 unspecified atom stereocenters. The first-order valence-electron chi connectivity index (χ1n) is 14.9. The molecule has 0 radical (unpaired) electrons. The fourth-order valence-corrected chi connectivity index (χ4v) is 5.11. The molecule has 1 fully saturated rings. The molecule has 0 saturated carbocycles. The Hall–Kier alpha value is -3.88. The Kier molecular flexibility index (Phi) is 11.8. The van der Waals surface area contributed by atoms with Gasteiger partial charge in [-0.25, -0.2) is 0 Å². The van der Waals surface area contributed by atoms with E-state index >= 15 is 0 Å². The molecular weight excluding hydrogens is 530 g/mol. The van der Waals surface area contributed by atoms with E-state index in [-0.39, 0.29) is 18.4 Å². The fraction of sp³-hybridized carbons (Fsp3) is 0.412. The van der Waals surface area contributed by atoms with E-state index in [2.05, 4.69) is 17.6 Å². The highest BCUT2D eigenvalue weighted by Gasteiger charge is 2.26. The maximum Gasteiger partial charge on any atom is 0.251 e. The van der Waals surface area contributed by atoms with Gasteiger partial charge in [0.25, 0.3) is 5.91 Å². The number of amides is 2. The largest absolute Gasteiger partial charge is 0.497 e. The fourth-order valence-electron chi connectivity index (χ4n) is 5.11. The first-order valence-corrected chi connectivity index (χ1v) is 14.9. The minimum Gasteiger partial charge on any atom is -0.497 e. The molecule has 1 heterocycles. The van der Waals surface area contributed by atoms with Crippen molar-refractivity contribution < 1.29 is 24.2 Å². The van der Waals surface area contributed by atoms with E-state index in [4.69, 9.17) is 9.47 Å². The number of aliphatic hydroxyl groups excluding tert-OH is 1. The summed E-state index contributed by atoms with van der Waals surface area (Å²) in [6.45, 7) is 4.12. The molecular formula is C34H43N3O5. The van der Waals surface area contributed by atoms with Gasteiger partial charge < -0.3 is 30.1 Å². The van der Waals surface area contributed by atoms with E-state index in [0.717, 1.165) is 42.6 Å². The lowest BCUT2D eigenvalue weighted by molar-refractivity contribution is -0.117. The third kappa shape index (κ3) is 9.06. The Morgan fingerprint density at radius 2 is 1.81 bits per heavy atom. The highest BCUT2D eigenvalue weighted by Crippen LogP contribution is 2.28. The summed E-state index contributed by atoms with van der Waals surface area (Å²) in [5.74, 6) is 1.06. The Balaban J connectivity index is 1.50. The number of anilines is 1. The summed E-state index contributed by atoms with van der Waals surface area (Å²) >= 11 is 0. The van der Waals surface area contributed by atoms with E-state index in [9.17, 15) is 14.7 Å². The molecule has 0 aliphatic carbocycles. The molecule has 1 saturated heterocycles. The van der Waals surface area contributed by atoms with Crippen molar-refractivity contribution in [1.29, 1.82) is 0 Å². The van der Waals surface area contributed by atoms with Gasteiger partial charge in [-0.05, 0) is 54.7 Å². The van der Waals surface area contributed by atoms with Crippen LogP contribution in [0, 0.1) is 0 Å². The zero-order valence-electron chi connectivity index (χ0n) is 24.7. The van der Waals surface area contributed by atoms with Crippen molar-refractivity contribution in [3.8, 4) is 11.5 Å². The van der Waals surface area contributed by atoms with Crippen LogP contribution in [0.4, 0.5) is 5.69 Å². The summed E-state index contributed by atoms with van der Waals surface area (Å²) in [7, 11) is 1.63. The maximum atomic E-state index is 13.7. The number of carbonyl (C=O) groups excluding carboxylic acids is 2. The topological polar surface area (TPSA) is 100 Å². The predicted molar refractivity (Wildman–Crippen MR) is 165 cm³/mol. The van der Waals surface area contributed by atoms with Crippen molar-refractivity contribution in [2.45, 2.75) is 64.1 Å². The van der Waals surface area contributed by atoms with Crippen LogP contribution in [-0.2, 0) is 17.8 Å². The number of rotatable bonds is 16. The Morgan fingerprint density at radius 3 is 2.55 bits per heavy atom. The number of nitrogens with one attached hydrogen (secondary N) is 2. The van der Waals surface area contributed by atoms with E-state index in [1.807, 2.05) is 60.7 Å². The predicted octanol–water partition coefficient (Wildman–Crippen LogP) is 4.88. The van der Waals surface area contributed by atoms with E-state index < -0.39 is 12.1 Å². The lowest BCUT2D eigenvalue weighted by atomic mass is 10.00. The van der Waals surface area contributed by atoms with E-state index in [1.54, 1.807) is 24.1 Å². The number of aliphatic hydroxyl groups is 1. The molecule has 0 aromatic heterocycles. The number of hydrogen-bond donors (Lipinski definition) is 3. The second-order valence-corrected chi connectivity index (χ2v) is 10.7. The summed E-state index contributed by atoms with van der Waals surface area (Å²) in [5, 5.41) is 17.6. The molecule has 0 spiro atoms. The molecule has 1 aliphatic rings. The van der Waals surface area contributed by atoms with Crippen molar-refractivity contribution in [2.75, 3.05) is 31.7 Å². The number of methoxy groups -OCH3 is 1. The van der Waals surface area contributed by atoms with Gasteiger partial charge in [-0.15, -0.1) is 0 Å². The summed E-state index contributed by atoms with van der Waals surface area (Å²) in [5.41, 5.74) is 3.10. The van der Waals surface area contributed by atoms with Crippen molar-refractivity contribution in [2.24, 2.45) is 0 Å². The average Bonchev–Trinajstić information content (AvgIpc) is 3.45. The van der Waals surface area contributed by atoms with Gasteiger partial charge in [-0.1, -0.05) is 62.2 Å². The van der Waals surface area contributed by atoms with Crippen molar-refractivity contribution in [3.63, 3.8) is 0 Å². The lowest BCUT2D eigenvalue weighted by Crippen LogP contribution is -2.48. The Labute approximate surface area is 249 Å². The molecule has 3 aromatic rings. The van der Waals surface area contributed by atoms with Gasteiger partial charge in [0, 0.05) is 43.4 Å². The summed E-state index contributed by atoms with van der Waals surface area (Å²) in [6.07, 6.45) is 3.94. The zero-order chi connectivity index (χ0) is 29.7. The lowest BCUT2D eigenvalue weighted by Gasteiger charge is -2.25. The second kappa shape index (κ2) is 15.9. The molecule has 8 heteroatoms. The van der Waals surface area contributed by atoms with Crippen LogP contribution in [0.15, 0.2) is 72.8 Å². The van der Waals surface area contributed by atoms with Crippen LogP contribution in [0.25, 0.3) is 0 Å². The highest BCUT2D eigenvalue weighted by molar-refractivity contribution is 5.99. The van der Waals surface area contributed by atoms with Crippen molar-refractivity contribution in [3.05, 3.63) is 89.5 Å². The smallest absolute Gasteiger partial charge is 0.251 e. The first kappa shape index (κ1) is 31.1. The van der Waals surface area contributed by atoms with Crippen LogP contribution < -0.4 is 25.0 Å². The molecule has 3 aromatic carbocycles. The molecule has 0 bridgehead atoms. The summed E-state index contributed by atoms with van der Waals surface area (Å²) in [6, 6.07) is 22.3. The molecule has 2 atom stereocenters. The molecule has 42 heavy (non-hydrogen) atoms. The van der Waals surface area contributed by atoms with Gasteiger partial charge >= 0.3 is 0 Å². The number of benzene rings is 3. The second-order valence-electron chi connectivity index (χ2n) is 10.7. The number of hydrogen-bond acceptors (Lipinski definition) is 6. The van der Waals surface area contributed by atoms with Gasteiger partial charge in [0.15, 0.2) is 0 Å². The summed E-state index contributed by atoms with van der Waals surface area (Å²) in [4.78, 5) is 27.9. The standard InChI is InChI=1S/C34H43N3O5/c1-3-4-8-17-42-30-21-27(20-28(22-30)37-16-10-15-33(37)39)34(40)36-31(19-25-11-6-5-7-12-25)32(38)24-35-23-26-13-9-14-29(18-26)41-2/h5-7,9,11-14,18,20-22,31-32,35,38H,3-4,8,10,15-17,19,23-24H2,1-2H3,(H,36,40)/t31-,32+/m0/s1. The van der Waals surface area contributed by atoms with Crippen LogP contribution in [0.3, 0.4) is 0 Å². The monoisotopic (exact) mass is 573 g/mol. The highest BCUT2D eigenvalue weighted by atomic mass is 16.5. The van der Waals surface area contributed by atoms with Crippen molar-refractivity contribution in [1.82, 2.24) is 10.6 Å². The number of ether oxygens (including phenoxy) is 2. The van der Waals surface area contributed by atoms with Crippen LogP contribution in [0.5, 0.6) is 11.5 Å². The number of nitrogens with zero attached hydrogens (tertiary/aromatic N) is 1. The summed E-state index contributed by atoms with van der Waals surface area (Å²) < 4.78 is 11.3. The first-order chi connectivity index (χ1) is 20.5. The normalized spacial score (nSPS) is 14.5. The van der Waals surface area contributed by atoms with Crippen molar-refractivity contribution >= 4 is 17.5 Å². The number of unbranched alkanes of at least 4 members (excludes halogenated alkanes) is 2. The van der Waals surface area contributed by atoms with Crippen LogP contribution in [0.2, 0.25) is 0 Å². The van der Waals surface area contributed by atoms with Gasteiger partial charge in [0.2, 0.25) is 5.91 Å². The van der Waals surface area contributed by atoms with Gasteiger partial charge in [-0.2, -0.15) is 0 Å². The Morgan fingerprint density at radius 1 is 1.00 bits per heavy atom.